The number of hydrogen-bond donors (Lipinski definition) is 2. The molecule has 3 aromatic rings. The zero-order valence-electron chi connectivity index (χ0n) is 15.1. The van der Waals surface area contributed by atoms with Crippen LogP contribution >= 0.6 is 23.4 Å². The fourth-order valence-electron chi connectivity index (χ4n) is 2.37. The second-order valence-corrected chi connectivity index (χ2v) is 7.22. The van der Waals surface area contributed by atoms with E-state index >= 15 is 0 Å². The van der Waals surface area contributed by atoms with Crippen molar-refractivity contribution in [3.63, 3.8) is 0 Å². The van der Waals surface area contributed by atoms with E-state index in [1.165, 1.54) is 11.8 Å². The number of benzene rings is 2. The van der Waals surface area contributed by atoms with E-state index in [-0.39, 0.29) is 24.0 Å². The lowest BCUT2D eigenvalue weighted by Gasteiger charge is -2.07. The Morgan fingerprint density at radius 2 is 1.71 bits per heavy atom. The van der Waals surface area contributed by atoms with Crippen LogP contribution in [0.5, 0.6) is 0 Å². The van der Waals surface area contributed by atoms with Crippen LogP contribution in [-0.2, 0) is 23.1 Å². The topological polar surface area (TPSA) is 88.9 Å². The van der Waals surface area contributed by atoms with Crippen molar-refractivity contribution in [3.05, 3.63) is 65.4 Å². The molecule has 9 heteroatoms. The lowest BCUT2D eigenvalue weighted by molar-refractivity contribution is -0.116. The van der Waals surface area contributed by atoms with Crippen LogP contribution in [0.2, 0.25) is 5.02 Å². The quantitative estimate of drug-likeness (QED) is 0.577. The minimum Gasteiger partial charge on any atom is -0.325 e. The first-order valence-corrected chi connectivity index (χ1v) is 9.79. The summed E-state index contributed by atoms with van der Waals surface area (Å²) in [7, 11) is 1.76. The molecular formula is C19H18ClN5O2S. The van der Waals surface area contributed by atoms with Gasteiger partial charge in [0.25, 0.3) is 0 Å². The number of carbonyl (C=O) groups excluding carboxylic acids is 2. The van der Waals surface area contributed by atoms with Gasteiger partial charge in [-0.25, -0.2) is 0 Å². The molecule has 0 aliphatic rings. The van der Waals surface area contributed by atoms with Crippen molar-refractivity contribution in [2.45, 2.75) is 11.6 Å². The Bertz CT molecular complexity index is 977. The van der Waals surface area contributed by atoms with E-state index in [4.69, 9.17) is 11.6 Å². The molecule has 0 radical (unpaired) electrons. The van der Waals surface area contributed by atoms with Gasteiger partial charge in [0, 0.05) is 12.7 Å². The lowest BCUT2D eigenvalue weighted by Crippen LogP contribution is -2.17. The standard InChI is InChI=1S/C19H18ClN5O2S/c1-25-16(11-17(26)22-15-10-6-5-9-14(15)20)23-24-19(25)28-12-18(27)21-13-7-3-2-4-8-13/h2-10H,11-12H2,1H3,(H,21,27)(H,22,26). The molecule has 0 aliphatic heterocycles. The molecular weight excluding hydrogens is 398 g/mol. The molecule has 0 aliphatic carbocycles. The number of para-hydroxylation sites is 2. The average Bonchev–Trinajstić information content (AvgIpc) is 3.02. The average molecular weight is 416 g/mol. The summed E-state index contributed by atoms with van der Waals surface area (Å²) < 4.78 is 1.70. The number of amides is 2. The highest BCUT2D eigenvalue weighted by Gasteiger charge is 2.15. The third-order valence-electron chi connectivity index (χ3n) is 3.78. The number of rotatable bonds is 7. The Balaban J connectivity index is 1.54. The number of hydrogen-bond acceptors (Lipinski definition) is 5. The second kappa shape index (κ2) is 9.38. The van der Waals surface area contributed by atoms with Gasteiger partial charge in [-0.05, 0) is 24.3 Å². The first-order chi connectivity index (χ1) is 13.5. The van der Waals surface area contributed by atoms with Crippen LogP contribution in [0.4, 0.5) is 11.4 Å². The van der Waals surface area contributed by atoms with E-state index in [9.17, 15) is 9.59 Å². The Hall–Kier alpha value is -2.84. The first kappa shape index (κ1) is 19.9. The number of nitrogens with zero attached hydrogens (tertiary/aromatic N) is 3. The summed E-state index contributed by atoms with van der Waals surface area (Å²) in [6.07, 6.45) is 0.0471. The zero-order valence-corrected chi connectivity index (χ0v) is 16.6. The molecule has 0 saturated heterocycles. The molecule has 0 fully saturated rings. The van der Waals surface area contributed by atoms with Crippen molar-refractivity contribution in [3.8, 4) is 0 Å². The molecule has 2 N–H and O–H groups in total. The van der Waals surface area contributed by atoms with Crippen LogP contribution in [0.1, 0.15) is 5.82 Å². The molecule has 2 amide bonds. The molecule has 7 nitrogen and oxygen atoms in total. The molecule has 28 heavy (non-hydrogen) atoms. The predicted octanol–water partition coefficient (Wildman–Crippen LogP) is 3.38. The number of nitrogens with one attached hydrogen (secondary N) is 2. The first-order valence-electron chi connectivity index (χ1n) is 8.43. The molecule has 144 valence electrons. The fourth-order valence-corrected chi connectivity index (χ4v) is 3.29. The van der Waals surface area contributed by atoms with Crippen LogP contribution in [0.15, 0.2) is 59.8 Å². The molecule has 0 unspecified atom stereocenters. The molecule has 2 aromatic carbocycles. The van der Waals surface area contributed by atoms with Crippen molar-refractivity contribution in [1.29, 1.82) is 0 Å². The predicted molar refractivity (Wildman–Crippen MR) is 111 cm³/mol. The van der Waals surface area contributed by atoms with E-state index in [0.717, 1.165) is 5.69 Å². The van der Waals surface area contributed by atoms with Gasteiger partial charge in [-0.1, -0.05) is 53.7 Å². The highest BCUT2D eigenvalue weighted by atomic mass is 35.5. The van der Waals surface area contributed by atoms with Gasteiger partial charge in [0.05, 0.1) is 22.9 Å². The Morgan fingerprint density at radius 1 is 1.00 bits per heavy atom. The summed E-state index contributed by atoms with van der Waals surface area (Å²) in [5, 5.41) is 14.7. The normalized spacial score (nSPS) is 10.5. The van der Waals surface area contributed by atoms with E-state index in [1.807, 2.05) is 30.3 Å². The monoisotopic (exact) mass is 415 g/mol. The van der Waals surface area contributed by atoms with Crippen LogP contribution in [0, 0.1) is 0 Å². The molecule has 1 heterocycles. The summed E-state index contributed by atoms with van der Waals surface area (Å²) >= 11 is 7.30. The van der Waals surface area contributed by atoms with Gasteiger partial charge in [0.1, 0.15) is 5.82 Å². The van der Waals surface area contributed by atoms with Gasteiger partial charge in [-0.2, -0.15) is 0 Å². The molecule has 0 bridgehead atoms. The van der Waals surface area contributed by atoms with Gasteiger partial charge in [-0.15, -0.1) is 10.2 Å². The van der Waals surface area contributed by atoms with Gasteiger partial charge in [0.2, 0.25) is 11.8 Å². The van der Waals surface area contributed by atoms with Gasteiger partial charge in [0.15, 0.2) is 5.16 Å². The summed E-state index contributed by atoms with van der Waals surface area (Å²) in [4.78, 5) is 24.3. The van der Waals surface area contributed by atoms with Crippen molar-refractivity contribution in [2.75, 3.05) is 16.4 Å². The van der Waals surface area contributed by atoms with E-state index in [0.29, 0.717) is 21.7 Å². The molecule has 3 rings (SSSR count). The summed E-state index contributed by atoms with van der Waals surface area (Å²) in [6.45, 7) is 0. The minimum atomic E-state index is -0.248. The minimum absolute atomic E-state index is 0.0471. The molecule has 0 saturated carbocycles. The van der Waals surface area contributed by atoms with Crippen molar-refractivity contribution in [2.24, 2.45) is 7.05 Å². The summed E-state index contributed by atoms with van der Waals surface area (Å²) in [5.74, 6) is 0.293. The Kier molecular flexibility index (Phi) is 6.67. The number of thioether (sulfide) groups is 1. The molecule has 1 aromatic heterocycles. The molecule has 0 atom stereocenters. The van der Waals surface area contributed by atoms with Crippen molar-refractivity contribution >= 4 is 46.6 Å². The van der Waals surface area contributed by atoms with Gasteiger partial charge >= 0.3 is 0 Å². The van der Waals surface area contributed by atoms with E-state index < -0.39 is 0 Å². The van der Waals surface area contributed by atoms with Crippen LogP contribution in [0.25, 0.3) is 0 Å². The number of halogens is 1. The molecule has 0 spiro atoms. The van der Waals surface area contributed by atoms with Crippen molar-refractivity contribution in [1.82, 2.24) is 14.8 Å². The van der Waals surface area contributed by atoms with Crippen LogP contribution in [-0.4, -0.2) is 32.3 Å². The largest absolute Gasteiger partial charge is 0.325 e. The Morgan fingerprint density at radius 3 is 2.46 bits per heavy atom. The maximum atomic E-state index is 12.2. The number of aromatic nitrogens is 3. The summed E-state index contributed by atoms with van der Waals surface area (Å²) in [5.41, 5.74) is 1.28. The number of anilines is 2. The SMILES string of the molecule is Cn1c(CC(=O)Nc2ccccc2Cl)nnc1SCC(=O)Nc1ccccc1. The van der Waals surface area contributed by atoms with Crippen LogP contribution < -0.4 is 10.6 Å². The van der Waals surface area contributed by atoms with Crippen molar-refractivity contribution < 1.29 is 9.59 Å². The highest BCUT2D eigenvalue weighted by molar-refractivity contribution is 7.99. The highest BCUT2D eigenvalue weighted by Crippen LogP contribution is 2.21. The summed E-state index contributed by atoms with van der Waals surface area (Å²) in [6, 6.07) is 16.2. The van der Waals surface area contributed by atoms with Gasteiger partial charge < -0.3 is 15.2 Å². The fraction of sp³-hybridized carbons (Fsp3) is 0.158. The number of carbonyl (C=O) groups is 2. The lowest BCUT2D eigenvalue weighted by atomic mass is 10.3. The van der Waals surface area contributed by atoms with Crippen LogP contribution in [0.3, 0.4) is 0 Å². The van der Waals surface area contributed by atoms with Gasteiger partial charge in [-0.3, -0.25) is 9.59 Å². The zero-order chi connectivity index (χ0) is 19.9. The maximum absolute atomic E-state index is 12.2. The Labute approximate surface area is 171 Å². The van der Waals surface area contributed by atoms with E-state index in [1.54, 1.807) is 35.9 Å². The van der Waals surface area contributed by atoms with E-state index in [2.05, 4.69) is 20.8 Å². The third kappa shape index (κ3) is 5.34. The smallest absolute Gasteiger partial charge is 0.234 e. The second-order valence-electron chi connectivity index (χ2n) is 5.87. The maximum Gasteiger partial charge on any atom is 0.234 e. The third-order valence-corrected chi connectivity index (χ3v) is 5.13.